The van der Waals surface area contributed by atoms with E-state index in [1.165, 1.54) is 5.56 Å². The number of rotatable bonds is 7. The summed E-state index contributed by atoms with van der Waals surface area (Å²) in [5.41, 5.74) is 6.77. The third-order valence-corrected chi connectivity index (χ3v) is 5.44. The number of methoxy groups -OCH3 is 1. The molecule has 0 heterocycles. The summed E-state index contributed by atoms with van der Waals surface area (Å²) in [6.45, 7) is 8.27. The van der Waals surface area contributed by atoms with E-state index in [1.54, 1.807) is 31.4 Å². The number of Topliss-reactive ketones (excluding diaryl/α,β-unsaturated/α-hetero) is 1. The van der Waals surface area contributed by atoms with Gasteiger partial charge in [0.25, 0.3) is 0 Å². The van der Waals surface area contributed by atoms with Gasteiger partial charge in [0, 0.05) is 41.5 Å². The molecule has 3 aromatic carbocycles. The SMILES string of the molecule is COCCc1cc([N+]#N)c(C)cc1OCC(=O)c1ccccc1.Cc1cc(C)c([N+]#N)cc1C. The van der Waals surface area contributed by atoms with Crippen molar-refractivity contribution in [2.24, 2.45) is 0 Å². The van der Waals surface area contributed by atoms with Crippen molar-refractivity contribution in [3.05, 3.63) is 97.9 Å². The van der Waals surface area contributed by atoms with Gasteiger partial charge in [-0.3, -0.25) is 4.79 Å². The molecule has 0 radical (unpaired) electrons. The van der Waals surface area contributed by atoms with Crippen LogP contribution in [0.3, 0.4) is 0 Å². The highest BCUT2D eigenvalue weighted by Gasteiger charge is 2.17. The normalized spacial score (nSPS) is 9.85. The zero-order valence-electron chi connectivity index (χ0n) is 20.3. The number of hydrogen-bond acceptors (Lipinski definition) is 5. The van der Waals surface area contributed by atoms with Crippen molar-refractivity contribution < 1.29 is 14.3 Å². The van der Waals surface area contributed by atoms with Gasteiger partial charge in [0.15, 0.2) is 22.3 Å². The number of ether oxygens (including phenoxy) is 2. The Morgan fingerprint density at radius 1 is 0.824 bits per heavy atom. The van der Waals surface area contributed by atoms with Crippen LogP contribution < -0.4 is 4.74 Å². The van der Waals surface area contributed by atoms with Crippen molar-refractivity contribution in [2.75, 3.05) is 20.3 Å². The topological polar surface area (TPSA) is 91.8 Å². The Kier molecular flexibility index (Phi) is 9.89. The van der Waals surface area contributed by atoms with Gasteiger partial charge in [-0.05, 0) is 57.4 Å². The quantitative estimate of drug-likeness (QED) is 0.280. The number of carbonyl (C=O) groups excluding carboxylic acids is 1. The Bertz CT molecular complexity index is 1230. The van der Waals surface area contributed by atoms with Gasteiger partial charge in [-0.15, -0.1) is 0 Å². The van der Waals surface area contributed by atoms with Crippen LogP contribution in [0, 0.1) is 38.5 Å². The molecule has 0 saturated heterocycles. The lowest BCUT2D eigenvalue weighted by Gasteiger charge is -2.11. The second-order valence-electron chi connectivity index (χ2n) is 7.99. The molecule has 7 nitrogen and oxygen atoms in total. The van der Waals surface area contributed by atoms with Crippen molar-refractivity contribution in [3.63, 3.8) is 0 Å². The van der Waals surface area contributed by atoms with Gasteiger partial charge >= 0.3 is 11.4 Å². The number of aryl methyl sites for hydroxylation is 4. The van der Waals surface area contributed by atoms with Crippen LogP contribution in [-0.4, -0.2) is 26.1 Å². The third-order valence-electron chi connectivity index (χ3n) is 5.44. The smallest absolute Gasteiger partial charge is 0.388 e. The number of diazo groups is 2. The molecule has 0 aliphatic carbocycles. The second kappa shape index (κ2) is 12.8. The molecule has 174 valence electrons. The van der Waals surface area contributed by atoms with Gasteiger partial charge in [-0.2, -0.15) is 0 Å². The maximum Gasteiger partial charge on any atom is 0.388 e. The lowest BCUT2D eigenvalue weighted by molar-refractivity contribution is 0.0920. The van der Waals surface area contributed by atoms with E-state index in [9.17, 15) is 4.79 Å². The fourth-order valence-electron chi connectivity index (χ4n) is 3.27. The lowest BCUT2D eigenvalue weighted by atomic mass is 10.1. The Labute approximate surface area is 200 Å². The molecular weight excluding hydrogens is 428 g/mol. The summed E-state index contributed by atoms with van der Waals surface area (Å²) in [6.07, 6.45) is 0.605. The van der Waals surface area contributed by atoms with Crippen LogP contribution in [0.15, 0.2) is 54.6 Å². The van der Waals surface area contributed by atoms with E-state index in [1.807, 2.05) is 58.0 Å². The molecule has 7 heteroatoms. The molecule has 34 heavy (non-hydrogen) atoms. The maximum atomic E-state index is 12.1. The average Bonchev–Trinajstić information content (AvgIpc) is 2.85. The first-order valence-corrected chi connectivity index (χ1v) is 10.9. The van der Waals surface area contributed by atoms with E-state index in [2.05, 4.69) is 9.95 Å². The standard InChI is InChI=1S/C18H19N2O3.C9H11N2/c1-13-10-18(15(8-9-22-2)11-16(13)20-19)23-12-17(21)14-6-4-3-5-7-14;1-6-4-8(3)9(11-10)5-7(6)2/h3-7,10-11H,8-9,12H2,1-2H3;4-5H,1-3H3/q2*+1. The number of carbonyl (C=O) groups is 1. The van der Waals surface area contributed by atoms with Crippen LogP contribution in [0.4, 0.5) is 11.4 Å². The van der Waals surface area contributed by atoms with Crippen molar-refractivity contribution in [3.8, 4) is 5.75 Å². The summed E-state index contributed by atoms with van der Waals surface area (Å²) < 4.78 is 10.8. The molecule has 0 N–H and O–H groups in total. The predicted molar refractivity (Wildman–Crippen MR) is 133 cm³/mol. The molecule has 0 unspecified atom stereocenters. The molecule has 0 amide bonds. The van der Waals surface area contributed by atoms with Gasteiger partial charge in [0.2, 0.25) is 10.8 Å². The number of nitrogens with zero attached hydrogens (tertiary/aromatic N) is 4. The third kappa shape index (κ3) is 7.23. The lowest BCUT2D eigenvalue weighted by Crippen LogP contribution is -2.12. The van der Waals surface area contributed by atoms with E-state index in [0.29, 0.717) is 35.7 Å². The number of hydrogen-bond donors (Lipinski definition) is 0. The minimum absolute atomic E-state index is 0.0426. The van der Waals surface area contributed by atoms with E-state index in [0.717, 1.165) is 22.3 Å². The largest absolute Gasteiger partial charge is 0.485 e. The van der Waals surface area contributed by atoms with Gasteiger partial charge in [0.05, 0.1) is 6.61 Å². The Hall–Kier alpha value is -4.07. The van der Waals surface area contributed by atoms with Crippen molar-refractivity contribution in [1.29, 1.82) is 10.8 Å². The van der Waals surface area contributed by atoms with Gasteiger partial charge in [-0.25, -0.2) is 0 Å². The first-order valence-electron chi connectivity index (χ1n) is 10.9. The van der Waals surface area contributed by atoms with Crippen LogP contribution in [0.25, 0.3) is 9.95 Å². The first kappa shape index (κ1) is 26.2. The molecule has 0 saturated carbocycles. The van der Waals surface area contributed by atoms with Crippen molar-refractivity contribution in [1.82, 2.24) is 0 Å². The van der Waals surface area contributed by atoms with Crippen LogP contribution in [-0.2, 0) is 11.2 Å². The molecule has 0 bridgehead atoms. The molecule has 0 aliphatic heterocycles. The molecular formula is C27H30N4O3+2. The van der Waals surface area contributed by atoms with E-state index in [-0.39, 0.29) is 12.4 Å². The first-order chi connectivity index (χ1) is 16.3. The molecule has 0 aliphatic rings. The van der Waals surface area contributed by atoms with Crippen molar-refractivity contribution >= 4 is 17.2 Å². The summed E-state index contributed by atoms with van der Waals surface area (Å²) in [5.74, 6) is 0.521. The molecule has 0 spiro atoms. The number of ketones is 1. The highest BCUT2D eigenvalue weighted by atomic mass is 16.5. The summed E-state index contributed by atoms with van der Waals surface area (Å²) >= 11 is 0. The Morgan fingerprint density at radius 3 is 2.03 bits per heavy atom. The highest BCUT2D eigenvalue weighted by Crippen LogP contribution is 2.29. The highest BCUT2D eigenvalue weighted by molar-refractivity contribution is 5.97. The second-order valence-corrected chi connectivity index (χ2v) is 7.99. The molecule has 0 atom stereocenters. The van der Waals surface area contributed by atoms with Gasteiger partial charge < -0.3 is 9.47 Å². The van der Waals surface area contributed by atoms with Gasteiger partial charge in [0.1, 0.15) is 5.75 Å². The van der Waals surface area contributed by atoms with Crippen LogP contribution >= 0.6 is 0 Å². The summed E-state index contributed by atoms with van der Waals surface area (Å²) in [7, 11) is 1.62. The molecule has 3 aromatic rings. The van der Waals surface area contributed by atoms with Crippen LogP contribution in [0.2, 0.25) is 0 Å². The summed E-state index contributed by atoms with van der Waals surface area (Å²) in [6, 6.07) is 16.4. The fourth-order valence-corrected chi connectivity index (χ4v) is 3.27. The van der Waals surface area contributed by atoms with E-state index in [4.69, 9.17) is 20.3 Å². The van der Waals surface area contributed by atoms with E-state index >= 15 is 0 Å². The van der Waals surface area contributed by atoms with Crippen molar-refractivity contribution in [2.45, 2.75) is 34.1 Å². The minimum Gasteiger partial charge on any atom is -0.485 e. The summed E-state index contributed by atoms with van der Waals surface area (Å²) in [4.78, 5) is 18.6. The van der Waals surface area contributed by atoms with E-state index < -0.39 is 0 Å². The van der Waals surface area contributed by atoms with Gasteiger partial charge in [-0.1, -0.05) is 30.3 Å². The summed E-state index contributed by atoms with van der Waals surface area (Å²) in [5, 5.41) is 17.6. The predicted octanol–water partition coefficient (Wildman–Crippen LogP) is 7.03. The van der Waals surface area contributed by atoms with Crippen LogP contribution in [0.1, 0.15) is 38.2 Å². The Morgan fingerprint density at radius 2 is 1.41 bits per heavy atom. The average molecular weight is 459 g/mol. The maximum absolute atomic E-state index is 12.1. The molecule has 0 fully saturated rings. The minimum atomic E-state index is -0.0862. The molecule has 3 rings (SSSR count). The Balaban J connectivity index is 0.000000310. The van der Waals surface area contributed by atoms with Crippen LogP contribution in [0.5, 0.6) is 5.75 Å². The molecule has 0 aromatic heterocycles. The monoisotopic (exact) mass is 458 g/mol. The zero-order chi connectivity index (χ0) is 25.1. The zero-order valence-corrected chi connectivity index (χ0v) is 20.3. The fraction of sp³-hybridized carbons (Fsp3) is 0.296. The number of benzene rings is 3.